The minimum Gasteiger partial charge on any atom is -0.331 e. The molecule has 3 nitrogen and oxygen atoms in total. The molecule has 1 saturated carbocycles. The Kier molecular flexibility index (Phi) is 2.60. The van der Waals surface area contributed by atoms with Crippen LogP contribution in [0.3, 0.4) is 0 Å². The fraction of sp³-hybridized carbons (Fsp3) is 0.462. The SMILES string of the molecule is NC1CC(=O)N(C2CC2)C1c1ccccc1Cl. The van der Waals surface area contributed by atoms with Crippen LogP contribution in [-0.4, -0.2) is 22.9 Å². The molecule has 1 aromatic rings. The molecule has 0 spiro atoms. The highest BCUT2D eigenvalue weighted by atomic mass is 35.5. The second-order valence-corrected chi connectivity index (χ2v) is 5.27. The van der Waals surface area contributed by atoms with Crippen LogP contribution in [0.15, 0.2) is 24.3 Å². The molecule has 17 heavy (non-hydrogen) atoms. The third-order valence-corrected chi connectivity index (χ3v) is 3.91. The molecule has 1 aliphatic carbocycles. The Morgan fingerprint density at radius 1 is 1.29 bits per heavy atom. The Bertz CT molecular complexity index is 458. The lowest BCUT2D eigenvalue weighted by molar-refractivity contribution is -0.129. The fourth-order valence-electron chi connectivity index (χ4n) is 2.66. The van der Waals surface area contributed by atoms with Gasteiger partial charge in [0.1, 0.15) is 0 Å². The predicted octanol–water partition coefficient (Wildman–Crippen LogP) is 2.10. The molecule has 2 N–H and O–H groups in total. The Hall–Kier alpha value is -1.06. The summed E-state index contributed by atoms with van der Waals surface area (Å²) >= 11 is 6.21. The van der Waals surface area contributed by atoms with E-state index in [1.165, 1.54) is 0 Å². The largest absolute Gasteiger partial charge is 0.331 e. The molecule has 2 atom stereocenters. The van der Waals surface area contributed by atoms with E-state index in [9.17, 15) is 4.79 Å². The van der Waals surface area contributed by atoms with Crippen molar-refractivity contribution in [2.75, 3.05) is 0 Å². The number of nitrogens with two attached hydrogens (primary N) is 1. The van der Waals surface area contributed by atoms with Gasteiger partial charge in [0.05, 0.1) is 6.04 Å². The van der Waals surface area contributed by atoms with Crippen molar-refractivity contribution in [1.82, 2.24) is 4.90 Å². The summed E-state index contributed by atoms with van der Waals surface area (Å²) in [4.78, 5) is 13.9. The molecule has 1 heterocycles. The molecule has 3 rings (SSSR count). The maximum Gasteiger partial charge on any atom is 0.225 e. The number of carbonyl (C=O) groups excluding carboxylic acids is 1. The maximum atomic E-state index is 12.0. The van der Waals surface area contributed by atoms with Gasteiger partial charge in [-0.1, -0.05) is 29.8 Å². The number of hydrogen-bond acceptors (Lipinski definition) is 2. The molecule has 0 radical (unpaired) electrons. The van der Waals surface area contributed by atoms with Gasteiger partial charge in [0.15, 0.2) is 0 Å². The molecule has 1 aliphatic heterocycles. The standard InChI is InChI=1S/C13H15ClN2O/c14-10-4-2-1-3-9(10)13-11(15)7-12(17)16(13)8-5-6-8/h1-4,8,11,13H,5-7,15H2. The van der Waals surface area contributed by atoms with E-state index in [1.807, 2.05) is 29.2 Å². The summed E-state index contributed by atoms with van der Waals surface area (Å²) in [6.45, 7) is 0. The number of carbonyl (C=O) groups is 1. The molecule has 0 aromatic heterocycles. The Balaban J connectivity index is 1.99. The van der Waals surface area contributed by atoms with Crippen LogP contribution in [0.4, 0.5) is 0 Å². The summed E-state index contributed by atoms with van der Waals surface area (Å²) in [6, 6.07) is 7.89. The summed E-state index contributed by atoms with van der Waals surface area (Å²) in [5, 5.41) is 0.702. The zero-order valence-electron chi connectivity index (χ0n) is 9.47. The van der Waals surface area contributed by atoms with Gasteiger partial charge in [-0.2, -0.15) is 0 Å². The van der Waals surface area contributed by atoms with Gasteiger partial charge in [0.2, 0.25) is 5.91 Å². The summed E-state index contributed by atoms with van der Waals surface area (Å²) in [6.07, 6.45) is 2.63. The Morgan fingerprint density at radius 2 is 2.00 bits per heavy atom. The molecule has 2 unspecified atom stereocenters. The second-order valence-electron chi connectivity index (χ2n) is 4.87. The van der Waals surface area contributed by atoms with Gasteiger partial charge < -0.3 is 10.6 Å². The predicted molar refractivity (Wildman–Crippen MR) is 66.7 cm³/mol. The normalized spacial score (nSPS) is 28.8. The van der Waals surface area contributed by atoms with Crippen molar-refractivity contribution in [1.29, 1.82) is 0 Å². The van der Waals surface area contributed by atoms with Crippen LogP contribution in [0.5, 0.6) is 0 Å². The summed E-state index contributed by atoms with van der Waals surface area (Å²) in [5.74, 6) is 0.171. The number of amides is 1. The minimum atomic E-state index is -0.136. The molecule has 2 fully saturated rings. The highest BCUT2D eigenvalue weighted by Gasteiger charge is 2.46. The van der Waals surface area contributed by atoms with Crippen molar-refractivity contribution in [2.45, 2.75) is 37.4 Å². The van der Waals surface area contributed by atoms with E-state index in [-0.39, 0.29) is 18.0 Å². The first-order valence-corrected chi connectivity index (χ1v) is 6.37. The quantitative estimate of drug-likeness (QED) is 0.874. The first kappa shape index (κ1) is 11.1. The lowest BCUT2D eigenvalue weighted by Crippen LogP contribution is -2.34. The molecular weight excluding hydrogens is 236 g/mol. The van der Waals surface area contributed by atoms with E-state index in [0.717, 1.165) is 18.4 Å². The summed E-state index contributed by atoms with van der Waals surface area (Å²) < 4.78 is 0. The van der Waals surface area contributed by atoms with Crippen LogP contribution in [0.1, 0.15) is 30.9 Å². The van der Waals surface area contributed by atoms with Gasteiger partial charge in [0.25, 0.3) is 0 Å². The van der Waals surface area contributed by atoms with E-state index in [4.69, 9.17) is 17.3 Å². The van der Waals surface area contributed by atoms with Gasteiger partial charge >= 0.3 is 0 Å². The third-order valence-electron chi connectivity index (χ3n) is 3.57. The smallest absolute Gasteiger partial charge is 0.225 e. The first-order valence-electron chi connectivity index (χ1n) is 5.99. The molecular formula is C13H15ClN2O. The highest BCUT2D eigenvalue weighted by Crippen LogP contribution is 2.42. The zero-order valence-corrected chi connectivity index (χ0v) is 10.2. The van der Waals surface area contributed by atoms with Crippen LogP contribution in [0.25, 0.3) is 0 Å². The molecule has 1 saturated heterocycles. The average Bonchev–Trinajstić information content (AvgIpc) is 3.06. The topological polar surface area (TPSA) is 46.3 Å². The van der Waals surface area contributed by atoms with Crippen molar-refractivity contribution in [3.8, 4) is 0 Å². The van der Waals surface area contributed by atoms with Crippen molar-refractivity contribution in [3.63, 3.8) is 0 Å². The number of hydrogen-bond donors (Lipinski definition) is 1. The molecule has 1 aromatic carbocycles. The van der Waals surface area contributed by atoms with Crippen LogP contribution in [-0.2, 0) is 4.79 Å². The van der Waals surface area contributed by atoms with Crippen LogP contribution >= 0.6 is 11.6 Å². The minimum absolute atomic E-state index is 0.0382. The number of halogens is 1. The van der Waals surface area contributed by atoms with Gasteiger partial charge in [-0.3, -0.25) is 4.79 Å². The zero-order chi connectivity index (χ0) is 12.0. The lowest BCUT2D eigenvalue weighted by atomic mass is 10.0. The van der Waals surface area contributed by atoms with Crippen molar-refractivity contribution in [2.24, 2.45) is 5.73 Å². The van der Waals surface area contributed by atoms with Crippen LogP contribution < -0.4 is 5.73 Å². The summed E-state index contributed by atoms with van der Waals surface area (Å²) in [7, 11) is 0. The molecule has 2 aliphatic rings. The Morgan fingerprint density at radius 3 is 2.65 bits per heavy atom. The third kappa shape index (κ3) is 1.83. The van der Waals surface area contributed by atoms with Gasteiger partial charge in [-0.25, -0.2) is 0 Å². The maximum absolute atomic E-state index is 12.0. The van der Waals surface area contributed by atoms with Crippen molar-refractivity contribution in [3.05, 3.63) is 34.9 Å². The van der Waals surface area contributed by atoms with E-state index >= 15 is 0 Å². The lowest BCUT2D eigenvalue weighted by Gasteiger charge is -2.27. The van der Waals surface area contributed by atoms with Gasteiger partial charge in [-0.15, -0.1) is 0 Å². The monoisotopic (exact) mass is 250 g/mol. The fourth-order valence-corrected chi connectivity index (χ4v) is 2.91. The van der Waals surface area contributed by atoms with Crippen molar-refractivity contribution >= 4 is 17.5 Å². The van der Waals surface area contributed by atoms with E-state index in [0.29, 0.717) is 17.5 Å². The van der Waals surface area contributed by atoms with Crippen molar-refractivity contribution < 1.29 is 4.79 Å². The van der Waals surface area contributed by atoms with Crippen LogP contribution in [0.2, 0.25) is 5.02 Å². The molecule has 4 heteroatoms. The van der Waals surface area contributed by atoms with Gasteiger partial charge in [-0.05, 0) is 24.5 Å². The first-order chi connectivity index (χ1) is 8.18. The van der Waals surface area contributed by atoms with E-state index in [2.05, 4.69) is 0 Å². The van der Waals surface area contributed by atoms with E-state index < -0.39 is 0 Å². The number of rotatable bonds is 2. The molecule has 90 valence electrons. The van der Waals surface area contributed by atoms with E-state index in [1.54, 1.807) is 0 Å². The van der Waals surface area contributed by atoms with Gasteiger partial charge in [0, 0.05) is 23.5 Å². The number of likely N-dealkylation sites (tertiary alicyclic amines) is 1. The number of nitrogens with zero attached hydrogens (tertiary/aromatic N) is 1. The highest BCUT2D eigenvalue weighted by molar-refractivity contribution is 6.31. The second kappa shape index (κ2) is 4.00. The molecule has 0 bridgehead atoms. The van der Waals surface area contributed by atoms with Crippen LogP contribution in [0, 0.1) is 0 Å². The Labute approximate surface area is 106 Å². The average molecular weight is 251 g/mol. The summed E-state index contributed by atoms with van der Waals surface area (Å²) in [5.41, 5.74) is 7.09. The molecule has 1 amide bonds. The number of benzene rings is 1.